The Hall–Kier alpha value is -1.42. The van der Waals surface area contributed by atoms with Gasteiger partial charge in [0.2, 0.25) is 0 Å². The van der Waals surface area contributed by atoms with Crippen LogP contribution in [-0.4, -0.2) is 12.0 Å². The van der Waals surface area contributed by atoms with Crippen molar-refractivity contribution in [1.29, 1.82) is 0 Å². The van der Waals surface area contributed by atoms with E-state index in [1.807, 2.05) is 50.1 Å². The van der Waals surface area contributed by atoms with Crippen LogP contribution in [0.1, 0.15) is 24.2 Å². The number of hydrogen-bond acceptors (Lipinski definition) is 2. The summed E-state index contributed by atoms with van der Waals surface area (Å²) < 4.78 is 14.8. The Balaban J connectivity index is 2.31. The van der Waals surface area contributed by atoms with Crippen molar-refractivity contribution in [3.8, 4) is 0 Å². The minimum Gasteiger partial charge on any atom is -0.353 e. The van der Waals surface area contributed by atoms with E-state index in [0.717, 1.165) is 16.0 Å². The van der Waals surface area contributed by atoms with Crippen molar-refractivity contribution in [2.24, 2.45) is 0 Å². The summed E-state index contributed by atoms with van der Waals surface area (Å²) in [5.74, 6) is 0.645. The van der Waals surface area contributed by atoms with Crippen LogP contribution in [0, 0.1) is 12.7 Å². The molecule has 1 unspecified atom stereocenters. The minimum atomic E-state index is -0.185. The molecular weight excluding hydrogens is 307 g/mol. The van der Waals surface area contributed by atoms with Gasteiger partial charge in [0.05, 0.1) is 11.7 Å². The Kier molecular flexibility index (Phi) is 4.20. The van der Waals surface area contributed by atoms with Gasteiger partial charge in [0.1, 0.15) is 11.6 Å². The standard InChI is InChI=1S/C15H16BrFN2/c1-10-13(16)8-9-15(18-10)19(3)11(2)12-6-4-5-7-14(12)17/h4-9,11H,1-3H3. The van der Waals surface area contributed by atoms with E-state index in [0.29, 0.717) is 5.56 Å². The fraction of sp³-hybridized carbons (Fsp3) is 0.267. The van der Waals surface area contributed by atoms with Crippen LogP contribution >= 0.6 is 15.9 Å². The molecule has 0 fully saturated rings. The van der Waals surface area contributed by atoms with Crippen LogP contribution in [0.2, 0.25) is 0 Å². The molecule has 0 aliphatic heterocycles. The highest BCUT2D eigenvalue weighted by atomic mass is 79.9. The molecular formula is C15H16BrFN2. The fourth-order valence-corrected chi connectivity index (χ4v) is 2.17. The maximum atomic E-state index is 13.8. The molecule has 1 aromatic heterocycles. The molecule has 0 amide bonds. The first kappa shape index (κ1) is 14.0. The zero-order valence-corrected chi connectivity index (χ0v) is 12.8. The minimum absolute atomic E-state index is 0.0747. The average Bonchev–Trinajstić information content (AvgIpc) is 2.41. The van der Waals surface area contributed by atoms with Crippen molar-refractivity contribution < 1.29 is 4.39 Å². The number of rotatable bonds is 3. The molecule has 0 spiro atoms. The topological polar surface area (TPSA) is 16.1 Å². The Morgan fingerprint density at radius 3 is 2.53 bits per heavy atom. The molecule has 2 nitrogen and oxygen atoms in total. The molecule has 0 radical (unpaired) electrons. The predicted octanol–water partition coefficient (Wildman–Crippen LogP) is 4.49. The summed E-state index contributed by atoms with van der Waals surface area (Å²) in [4.78, 5) is 6.48. The lowest BCUT2D eigenvalue weighted by atomic mass is 10.1. The maximum absolute atomic E-state index is 13.8. The van der Waals surface area contributed by atoms with Crippen LogP contribution in [0.25, 0.3) is 0 Å². The highest BCUT2D eigenvalue weighted by Crippen LogP contribution is 2.27. The van der Waals surface area contributed by atoms with Crippen molar-refractivity contribution in [2.45, 2.75) is 19.9 Å². The zero-order chi connectivity index (χ0) is 14.0. The van der Waals surface area contributed by atoms with Crippen molar-refractivity contribution >= 4 is 21.7 Å². The number of anilines is 1. The highest BCUT2D eigenvalue weighted by Gasteiger charge is 2.16. The number of benzene rings is 1. The van der Waals surface area contributed by atoms with Crippen LogP contribution in [0.3, 0.4) is 0 Å². The Morgan fingerprint density at radius 1 is 1.21 bits per heavy atom. The Labute approximate surface area is 121 Å². The summed E-state index contributed by atoms with van der Waals surface area (Å²) in [5, 5.41) is 0. The van der Waals surface area contributed by atoms with Crippen molar-refractivity contribution in [2.75, 3.05) is 11.9 Å². The summed E-state index contributed by atoms with van der Waals surface area (Å²) in [6.45, 7) is 3.91. The van der Waals surface area contributed by atoms with Crippen molar-refractivity contribution in [1.82, 2.24) is 4.98 Å². The Morgan fingerprint density at radius 2 is 1.89 bits per heavy atom. The van der Waals surface area contributed by atoms with E-state index in [1.54, 1.807) is 6.07 Å². The third-order valence-corrected chi connectivity index (χ3v) is 4.14. The summed E-state index contributed by atoms with van der Waals surface area (Å²) in [7, 11) is 1.92. The predicted molar refractivity (Wildman–Crippen MR) is 79.9 cm³/mol. The first-order valence-corrected chi connectivity index (χ1v) is 6.90. The number of hydrogen-bond donors (Lipinski definition) is 0. The molecule has 1 atom stereocenters. The van der Waals surface area contributed by atoms with Gasteiger partial charge in [-0.3, -0.25) is 0 Å². The van der Waals surface area contributed by atoms with Gasteiger partial charge in [-0.1, -0.05) is 18.2 Å². The van der Waals surface area contributed by atoms with Gasteiger partial charge in [0.25, 0.3) is 0 Å². The monoisotopic (exact) mass is 322 g/mol. The molecule has 19 heavy (non-hydrogen) atoms. The van der Waals surface area contributed by atoms with Gasteiger partial charge >= 0.3 is 0 Å². The number of nitrogens with zero attached hydrogens (tertiary/aromatic N) is 2. The van der Waals surface area contributed by atoms with E-state index in [9.17, 15) is 4.39 Å². The van der Waals surface area contributed by atoms with Crippen LogP contribution in [0.5, 0.6) is 0 Å². The van der Waals surface area contributed by atoms with E-state index < -0.39 is 0 Å². The average molecular weight is 323 g/mol. The molecule has 0 aliphatic rings. The second-order valence-corrected chi connectivity index (χ2v) is 5.40. The molecule has 0 N–H and O–H groups in total. The highest BCUT2D eigenvalue weighted by molar-refractivity contribution is 9.10. The van der Waals surface area contributed by atoms with Gasteiger partial charge in [0.15, 0.2) is 0 Å². The molecule has 0 bridgehead atoms. The van der Waals surface area contributed by atoms with E-state index >= 15 is 0 Å². The second kappa shape index (κ2) is 5.70. The van der Waals surface area contributed by atoms with E-state index in [2.05, 4.69) is 20.9 Å². The molecule has 2 rings (SSSR count). The smallest absolute Gasteiger partial charge is 0.129 e. The summed E-state index contributed by atoms with van der Waals surface area (Å²) in [6.07, 6.45) is 0. The zero-order valence-electron chi connectivity index (χ0n) is 11.2. The van der Waals surface area contributed by atoms with Gasteiger partial charge in [-0.05, 0) is 48.0 Å². The molecule has 0 saturated carbocycles. The molecule has 1 aromatic carbocycles. The van der Waals surface area contributed by atoms with E-state index in [-0.39, 0.29) is 11.9 Å². The summed E-state index contributed by atoms with van der Waals surface area (Å²) >= 11 is 3.43. The third-order valence-electron chi connectivity index (χ3n) is 3.30. The SMILES string of the molecule is Cc1nc(N(C)C(C)c2ccccc2F)ccc1Br. The largest absolute Gasteiger partial charge is 0.353 e. The van der Waals surface area contributed by atoms with E-state index in [1.165, 1.54) is 6.07 Å². The number of aromatic nitrogens is 1. The van der Waals surface area contributed by atoms with Crippen LogP contribution < -0.4 is 4.90 Å². The molecule has 1 heterocycles. The molecule has 0 saturated heterocycles. The molecule has 0 aliphatic carbocycles. The normalized spacial score (nSPS) is 12.3. The first-order valence-electron chi connectivity index (χ1n) is 6.11. The molecule has 2 aromatic rings. The second-order valence-electron chi connectivity index (χ2n) is 4.55. The summed E-state index contributed by atoms with van der Waals surface area (Å²) in [6, 6.07) is 10.7. The van der Waals surface area contributed by atoms with Gasteiger partial charge in [0, 0.05) is 17.1 Å². The maximum Gasteiger partial charge on any atom is 0.129 e. The summed E-state index contributed by atoms with van der Waals surface area (Å²) in [5.41, 5.74) is 1.59. The van der Waals surface area contributed by atoms with E-state index in [4.69, 9.17) is 0 Å². The van der Waals surface area contributed by atoms with Crippen molar-refractivity contribution in [3.05, 3.63) is 57.9 Å². The van der Waals surface area contributed by atoms with Gasteiger partial charge in [-0.2, -0.15) is 0 Å². The molecule has 4 heteroatoms. The van der Waals surface area contributed by atoms with Crippen LogP contribution in [-0.2, 0) is 0 Å². The lowest BCUT2D eigenvalue weighted by Gasteiger charge is -2.27. The van der Waals surface area contributed by atoms with Crippen molar-refractivity contribution in [3.63, 3.8) is 0 Å². The van der Waals surface area contributed by atoms with Gasteiger partial charge < -0.3 is 4.90 Å². The van der Waals surface area contributed by atoms with Gasteiger partial charge in [-0.25, -0.2) is 9.37 Å². The first-order chi connectivity index (χ1) is 9.00. The van der Waals surface area contributed by atoms with Crippen LogP contribution in [0.4, 0.5) is 10.2 Å². The lowest BCUT2D eigenvalue weighted by Crippen LogP contribution is -2.23. The lowest BCUT2D eigenvalue weighted by molar-refractivity contribution is 0.584. The molecule has 100 valence electrons. The number of aryl methyl sites for hydroxylation is 1. The quantitative estimate of drug-likeness (QED) is 0.827. The number of halogens is 2. The van der Waals surface area contributed by atoms with Gasteiger partial charge in [-0.15, -0.1) is 0 Å². The fourth-order valence-electron chi connectivity index (χ4n) is 1.95. The number of pyridine rings is 1. The Bertz CT molecular complexity index is 586. The van der Waals surface area contributed by atoms with Crippen LogP contribution in [0.15, 0.2) is 40.9 Å². The third kappa shape index (κ3) is 2.95.